The largest absolute Gasteiger partial charge is 0.373 e. The maximum Gasteiger partial charge on any atom is 0.0396 e. The minimum absolute atomic E-state index is 0.698. The third-order valence-electron chi connectivity index (χ3n) is 2.45. The van der Waals surface area contributed by atoms with Crippen LogP contribution < -0.4 is 10.6 Å². The number of hydrogen-bond acceptors (Lipinski definition) is 2. The molecule has 1 aromatic carbocycles. The molecular weight excluding hydrogens is 160 g/mol. The number of anilines is 1. The first kappa shape index (κ1) is 10.1. The number of likely N-dealkylation sites (N-methyl/N-ethyl adjacent to an activating group) is 1. The molecule has 13 heavy (non-hydrogen) atoms. The average molecular weight is 178 g/mol. The van der Waals surface area contributed by atoms with Gasteiger partial charge in [-0.3, -0.25) is 0 Å². The van der Waals surface area contributed by atoms with Crippen LogP contribution in [0.2, 0.25) is 0 Å². The van der Waals surface area contributed by atoms with Crippen LogP contribution in [0.1, 0.15) is 11.1 Å². The summed E-state index contributed by atoms with van der Waals surface area (Å²) in [5, 5.41) is 0. The van der Waals surface area contributed by atoms with Crippen molar-refractivity contribution >= 4 is 5.69 Å². The van der Waals surface area contributed by atoms with Gasteiger partial charge in [0.2, 0.25) is 0 Å². The van der Waals surface area contributed by atoms with Crippen LogP contribution in [0.3, 0.4) is 0 Å². The van der Waals surface area contributed by atoms with Gasteiger partial charge >= 0.3 is 0 Å². The highest BCUT2D eigenvalue weighted by Crippen LogP contribution is 2.20. The van der Waals surface area contributed by atoms with Crippen molar-refractivity contribution in [3.8, 4) is 0 Å². The van der Waals surface area contributed by atoms with E-state index in [-0.39, 0.29) is 0 Å². The normalized spacial score (nSPS) is 10.2. The van der Waals surface area contributed by atoms with Crippen molar-refractivity contribution in [2.24, 2.45) is 5.73 Å². The molecule has 2 nitrogen and oxygen atoms in total. The first-order valence-electron chi connectivity index (χ1n) is 4.64. The van der Waals surface area contributed by atoms with E-state index in [9.17, 15) is 0 Å². The molecule has 1 rings (SSSR count). The molecule has 0 fully saturated rings. The Labute approximate surface area is 80.4 Å². The van der Waals surface area contributed by atoms with Crippen LogP contribution in [0.15, 0.2) is 18.2 Å². The molecule has 0 amide bonds. The molecule has 0 saturated carbocycles. The van der Waals surface area contributed by atoms with Crippen LogP contribution in [0.5, 0.6) is 0 Å². The summed E-state index contributed by atoms with van der Waals surface area (Å²) in [6.45, 7) is 5.89. The van der Waals surface area contributed by atoms with E-state index < -0.39 is 0 Å². The molecule has 0 heterocycles. The van der Waals surface area contributed by atoms with Gasteiger partial charge in [0, 0.05) is 25.8 Å². The average Bonchev–Trinajstić information content (AvgIpc) is 2.10. The summed E-state index contributed by atoms with van der Waals surface area (Å²) in [6.07, 6.45) is 0. The Morgan fingerprint density at radius 1 is 1.31 bits per heavy atom. The van der Waals surface area contributed by atoms with Gasteiger partial charge in [-0.2, -0.15) is 0 Å². The molecule has 0 atom stereocenters. The smallest absolute Gasteiger partial charge is 0.0396 e. The number of nitrogens with zero attached hydrogens (tertiary/aromatic N) is 1. The summed E-state index contributed by atoms with van der Waals surface area (Å²) in [6, 6.07) is 6.36. The molecule has 2 N–H and O–H groups in total. The zero-order valence-corrected chi connectivity index (χ0v) is 8.67. The van der Waals surface area contributed by atoms with Crippen LogP contribution in [0.25, 0.3) is 0 Å². The lowest BCUT2D eigenvalue weighted by Gasteiger charge is -2.21. The minimum atomic E-state index is 0.698. The van der Waals surface area contributed by atoms with E-state index in [0.29, 0.717) is 6.54 Å². The quantitative estimate of drug-likeness (QED) is 0.763. The van der Waals surface area contributed by atoms with E-state index in [1.807, 2.05) is 0 Å². The Balaban J connectivity index is 2.93. The molecule has 0 aromatic heterocycles. The molecular formula is C11H18N2. The van der Waals surface area contributed by atoms with Crippen LogP contribution in [-0.2, 0) is 0 Å². The first-order chi connectivity index (χ1) is 6.16. The van der Waals surface area contributed by atoms with Crippen LogP contribution >= 0.6 is 0 Å². The standard InChI is InChI=1S/C11H18N2/c1-9-5-4-6-11(10(9)2)13(3)8-7-12/h4-6H,7-8,12H2,1-3H3. The second-order valence-electron chi connectivity index (χ2n) is 3.43. The third kappa shape index (κ3) is 2.22. The van der Waals surface area contributed by atoms with E-state index in [4.69, 9.17) is 5.73 Å². The van der Waals surface area contributed by atoms with Gasteiger partial charge in [-0.25, -0.2) is 0 Å². The zero-order valence-electron chi connectivity index (χ0n) is 8.67. The Morgan fingerprint density at radius 3 is 2.62 bits per heavy atom. The van der Waals surface area contributed by atoms with Gasteiger partial charge in [-0.15, -0.1) is 0 Å². The van der Waals surface area contributed by atoms with Crippen molar-refractivity contribution in [2.75, 3.05) is 25.0 Å². The molecule has 0 saturated heterocycles. The highest BCUT2D eigenvalue weighted by atomic mass is 15.1. The maximum atomic E-state index is 5.51. The van der Waals surface area contributed by atoms with Gasteiger partial charge < -0.3 is 10.6 Å². The van der Waals surface area contributed by atoms with Crippen molar-refractivity contribution in [1.82, 2.24) is 0 Å². The Kier molecular flexibility index (Phi) is 3.32. The van der Waals surface area contributed by atoms with Gasteiger partial charge in [0.1, 0.15) is 0 Å². The van der Waals surface area contributed by atoms with Crippen molar-refractivity contribution in [1.29, 1.82) is 0 Å². The van der Waals surface area contributed by atoms with E-state index in [2.05, 4.69) is 44.0 Å². The second-order valence-corrected chi connectivity index (χ2v) is 3.43. The summed E-state index contributed by atoms with van der Waals surface area (Å²) in [5.74, 6) is 0. The van der Waals surface area contributed by atoms with Gasteiger partial charge in [0.15, 0.2) is 0 Å². The van der Waals surface area contributed by atoms with Crippen molar-refractivity contribution in [3.63, 3.8) is 0 Å². The summed E-state index contributed by atoms with van der Waals surface area (Å²) < 4.78 is 0. The van der Waals surface area contributed by atoms with Gasteiger partial charge in [-0.05, 0) is 31.0 Å². The number of rotatable bonds is 3. The molecule has 0 bridgehead atoms. The van der Waals surface area contributed by atoms with E-state index in [1.165, 1.54) is 16.8 Å². The second kappa shape index (κ2) is 4.28. The Hall–Kier alpha value is -1.02. The lowest BCUT2D eigenvalue weighted by Crippen LogP contribution is -2.25. The zero-order chi connectivity index (χ0) is 9.84. The van der Waals surface area contributed by atoms with Gasteiger partial charge in [-0.1, -0.05) is 12.1 Å². The number of hydrogen-bond donors (Lipinski definition) is 1. The fourth-order valence-electron chi connectivity index (χ4n) is 1.46. The van der Waals surface area contributed by atoms with Crippen molar-refractivity contribution < 1.29 is 0 Å². The molecule has 1 aromatic rings. The van der Waals surface area contributed by atoms with Crippen LogP contribution in [-0.4, -0.2) is 20.1 Å². The summed E-state index contributed by atoms with van der Waals surface area (Å²) in [4.78, 5) is 2.20. The molecule has 0 unspecified atom stereocenters. The van der Waals surface area contributed by atoms with E-state index >= 15 is 0 Å². The first-order valence-corrected chi connectivity index (χ1v) is 4.64. The van der Waals surface area contributed by atoms with E-state index in [1.54, 1.807) is 0 Å². The third-order valence-corrected chi connectivity index (χ3v) is 2.45. The molecule has 2 heteroatoms. The fourth-order valence-corrected chi connectivity index (χ4v) is 1.46. The van der Waals surface area contributed by atoms with Gasteiger partial charge in [0.05, 0.1) is 0 Å². The predicted molar refractivity (Wildman–Crippen MR) is 58.2 cm³/mol. The monoisotopic (exact) mass is 178 g/mol. The number of benzene rings is 1. The van der Waals surface area contributed by atoms with Gasteiger partial charge in [0.25, 0.3) is 0 Å². The summed E-state index contributed by atoms with van der Waals surface area (Å²) in [7, 11) is 2.08. The van der Waals surface area contributed by atoms with E-state index in [0.717, 1.165) is 6.54 Å². The molecule has 0 spiro atoms. The molecule has 72 valence electrons. The molecule has 0 radical (unpaired) electrons. The molecule has 0 aliphatic rings. The Bertz CT molecular complexity index is 281. The maximum absolute atomic E-state index is 5.51. The van der Waals surface area contributed by atoms with Crippen LogP contribution in [0, 0.1) is 13.8 Å². The minimum Gasteiger partial charge on any atom is -0.373 e. The summed E-state index contributed by atoms with van der Waals surface area (Å²) in [5.41, 5.74) is 9.48. The topological polar surface area (TPSA) is 29.3 Å². The predicted octanol–water partition coefficient (Wildman–Crippen LogP) is 1.70. The lowest BCUT2D eigenvalue weighted by atomic mass is 10.1. The highest BCUT2D eigenvalue weighted by molar-refractivity contribution is 5.55. The number of nitrogens with two attached hydrogens (primary N) is 1. The fraction of sp³-hybridized carbons (Fsp3) is 0.455. The van der Waals surface area contributed by atoms with Crippen molar-refractivity contribution in [3.05, 3.63) is 29.3 Å². The number of aryl methyl sites for hydroxylation is 1. The van der Waals surface area contributed by atoms with Crippen molar-refractivity contribution in [2.45, 2.75) is 13.8 Å². The van der Waals surface area contributed by atoms with Crippen LogP contribution in [0.4, 0.5) is 5.69 Å². The molecule has 0 aliphatic heterocycles. The highest BCUT2D eigenvalue weighted by Gasteiger charge is 2.04. The summed E-state index contributed by atoms with van der Waals surface area (Å²) >= 11 is 0. The Morgan fingerprint density at radius 2 is 2.00 bits per heavy atom. The SMILES string of the molecule is Cc1cccc(N(C)CCN)c1C. The lowest BCUT2D eigenvalue weighted by molar-refractivity contribution is 0.881. The molecule has 0 aliphatic carbocycles.